The summed E-state index contributed by atoms with van der Waals surface area (Å²) in [7, 11) is -3.73. The van der Waals surface area contributed by atoms with E-state index in [2.05, 4.69) is 10.6 Å². The predicted molar refractivity (Wildman–Crippen MR) is 121 cm³/mol. The second-order valence-corrected chi connectivity index (χ2v) is 8.89. The number of hydrogen-bond acceptors (Lipinski definition) is 5. The highest BCUT2D eigenvalue weighted by Crippen LogP contribution is 2.30. The van der Waals surface area contributed by atoms with Crippen LogP contribution in [0, 0.1) is 0 Å². The summed E-state index contributed by atoms with van der Waals surface area (Å²) in [5.41, 5.74) is 1.08. The number of hydrogen-bond donors (Lipinski definition) is 2. The molecule has 1 unspecified atom stereocenters. The van der Waals surface area contributed by atoms with Gasteiger partial charge in [-0.15, -0.1) is 0 Å². The first-order valence-electron chi connectivity index (χ1n) is 9.82. The molecule has 0 aliphatic carbocycles. The smallest absolute Gasteiger partial charge is 0.246 e. The zero-order chi connectivity index (χ0) is 22.3. The third kappa shape index (κ3) is 5.87. The van der Waals surface area contributed by atoms with Crippen LogP contribution in [0.2, 0.25) is 5.02 Å². The van der Waals surface area contributed by atoms with Crippen molar-refractivity contribution in [1.82, 2.24) is 4.31 Å². The Morgan fingerprint density at radius 3 is 2.40 bits per heavy atom. The third-order valence-electron chi connectivity index (χ3n) is 4.44. The van der Waals surface area contributed by atoms with E-state index in [4.69, 9.17) is 16.3 Å². The minimum Gasteiger partial charge on any atom is -0.492 e. The molecule has 0 saturated heterocycles. The second kappa shape index (κ2) is 10.7. The molecular weight excluding hydrogens is 426 g/mol. The molecule has 0 spiro atoms. The van der Waals surface area contributed by atoms with Gasteiger partial charge in [-0.1, -0.05) is 31.5 Å². The lowest BCUT2D eigenvalue weighted by Gasteiger charge is -2.22. The molecule has 2 aromatic rings. The van der Waals surface area contributed by atoms with Crippen LogP contribution in [-0.4, -0.2) is 44.4 Å². The van der Waals surface area contributed by atoms with E-state index < -0.39 is 16.1 Å². The van der Waals surface area contributed by atoms with Gasteiger partial charge in [-0.05, 0) is 50.2 Å². The maximum atomic E-state index is 13.1. The van der Waals surface area contributed by atoms with Crippen molar-refractivity contribution in [3.8, 4) is 5.75 Å². The highest BCUT2D eigenvalue weighted by molar-refractivity contribution is 7.89. The molecule has 0 aromatic heterocycles. The van der Waals surface area contributed by atoms with Crippen LogP contribution in [0.3, 0.4) is 0 Å². The number of anilines is 2. The largest absolute Gasteiger partial charge is 0.492 e. The van der Waals surface area contributed by atoms with Crippen molar-refractivity contribution in [1.29, 1.82) is 0 Å². The average Bonchev–Trinajstić information content (AvgIpc) is 2.70. The van der Waals surface area contributed by atoms with Gasteiger partial charge in [-0.3, -0.25) is 4.79 Å². The minimum absolute atomic E-state index is 0.0699. The Kier molecular flexibility index (Phi) is 8.52. The molecule has 2 rings (SSSR count). The summed E-state index contributed by atoms with van der Waals surface area (Å²) < 4.78 is 33.0. The van der Waals surface area contributed by atoms with Gasteiger partial charge in [0.15, 0.2) is 0 Å². The molecule has 0 saturated carbocycles. The molecule has 1 amide bonds. The summed E-state index contributed by atoms with van der Waals surface area (Å²) in [6, 6.07) is 11.0. The van der Waals surface area contributed by atoms with E-state index in [9.17, 15) is 13.2 Å². The van der Waals surface area contributed by atoms with Crippen LogP contribution in [0.15, 0.2) is 47.4 Å². The molecule has 164 valence electrons. The normalized spacial score (nSPS) is 12.5. The molecule has 0 aliphatic rings. The van der Waals surface area contributed by atoms with Gasteiger partial charge in [-0.2, -0.15) is 4.31 Å². The minimum atomic E-state index is -3.73. The van der Waals surface area contributed by atoms with E-state index in [-0.39, 0.29) is 16.6 Å². The van der Waals surface area contributed by atoms with Gasteiger partial charge in [0.2, 0.25) is 15.9 Å². The maximum Gasteiger partial charge on any atom is 0.246 e. The number of benzene rings is 2. The summed E-state index contributed by atoms with van der Waals surface area (Å²) in [5.74, 6) is 0.00489. The fourth-order valence-corrected chi connectivity index (χ4v) is 4.71. The Morgan fingerprint density at radius 2 is 1.80 bits per heavy atom. The Bertz CT molecular complexity index is 978. The van der Waals surface area contributed by atoms with Crippen molar-refractivity contribution in [3.63, 3.8) is 0 Å². The molecule has 2 aromatic carbocycles. The van der Waals surface area contributed by atoms with Gasteiger partial charge in [0.05, 0.1) is 6.61 Å². The highest BCUT2D eigenvalue weighted by atomic mass is 35.5. The molecule has 9 heteroatoms. The van der Waals surface area contributed by atoms with Crippen LogP contribution >= 0.6 is 11.6 Å². The SMILES string of the molecule is CCOc1ccc(NC(C)C(=O)Nc2cccc(Cl)c2)cc1S(=O)(=O)N(CC)CC. The van der Waals surface area contributed by atoms with Gasteiger partial charge in [0, 0.05) is 29.5 Å². The summed E-state index contributed by atoms with van der Waals surface area (Å²) in [4.78, 5) is 12.6. The van der Waals surface area contributed by atoms with Crippen molar-refractivity contribution < 1.29 is 17.9 Å². The molecular formula is C21H28ClN3O4S. The first kappa shape index (κ1) is 24.0. The molecule has 1 atom stereocenters. The van der Waals surface area contributed by atoms with E-state index in [1.807, 2.05) is 0 Å². The number of carbonyl (C=O) groups is 1. The number of nitrogens with one attached hydrogen (secondary N) is 2. The monoisotopic (exact) mass is 453 g/mol. The summed E-state index contributed by atoms with van der Waals surface area (Å²) >= 11 is 5.95. The predicted octanol–water partition coefficient (Wildman–Crippen LogP) is 4.21. The topological polar surface area (TPSA) is 87.7 Å². The van der Waals surface area contributed by atoms with Gasteiger partial charge in [-0.25, -0.2) is 8.42 Å². The fraction of sp³-hybridized carbons (Fsp3) is 0.381. The maximum absolute atomic E-state index is 13.1. The van der Waals surface area contributed by atoms with Crippen LogP contribution in [-0.2, 0) is 14.8 Å². The van der Waals surface area contributed by atoms with Crippen LogP contribution < -0.4 is 15.4 Å². The quantitative estimate of drug-likeness (QED) is 0.562. The Morgan fingerprint density at radius 1 is 1.10 bits per heavy atom. The summed E-state index contributed by atoms with van der Waals surface area (Å²) in [6.07, 6.45) is 0. The van der Waals surface area contributed by atoms with Gasteiger partial charge >= 0.3 is 0 Å². The van der Waals surface area contributed by atoms with Gasteiger partial charge < -0.3 is 15.4 Å². The summed E-state index contributed by atoms with van der Waals surface area (Å²) in [6.45, 7) is 8.08. The number of rotatable bonds is 10. The molecule has 0 fully saturated rings. The molecule has 0 heterocycles. The van der Waals surface area contributed by atoms with Gasteiger partial charge in [0.1, 0.15) is 16.7 Å². The second-order valence-electron chi connectivity index (χ2n) is 6.55. The van der Waals surface area contributed by atoms with E-state index in [1.54, 1.807) is 64.1 Å². The van der Waals surface area contributed by atoms with Crippen LogP contribution in [0.1, 0.15) is 27.7 Å². The van der Waals surface area contributed by atoms with E-state index in [0.29, 0.717) is 36.1 Å². The summed E-state index contributed by atoms with van der Waals surface area (Å²) in [5, 5.41) is 6.35. The van der Waals surface area contributed by atoms with Crippen LogP contribution in [0.25, 0.3) is 0 Å². The van der Waals surface area contributed by atoms with Crippen molar-refractivity contribution in [3.05, 3.63) is 47.5 Å². The number of halogens is 1. The Hall–Kier alpha value is -2.29. The molecule has 0 aliphatic heterocycles. The lowest BCUT2D eigenvalue weighted by Crippen LogP contribution is -2.32. The van der Waals surface area contributed by atoms with Crippen molar-refractivity contribution in [2.45, 2.75) is 38.6 Å². The van der Waals surface area contributed by atoms with Crippen molar-refractivity contribution in [2.75, 3.05) is 30.3 Å². The molecule has 7 nitrogen and oxygen atoms in total. The van der Waals surface area contributed by atoms with E-state index in [0.717, 1.165) is 0 Å². The van der Waals surface area contributed by atoms with Crippen LogP contribution in [0.4, 0.5) is 11.4 Å². The zero-order valence-corrected chi connectivity index (χ0v) is 19.2. The lowest BCUT2D eigenvalue weighted by atomic mass is 10.2. The standard InChI is InChI=1S/C21H28ClN3O4S/c1-5-25(6-2)30(27,28)20-14-18(11-12-19(20)29-7-3)23-15(4)21(26)24-17-10-8-9-16(22)13-17/h8-15,23H,5-7H2,1-4H3,(H,24,26). The number of sulfonamides is 1. The first-order valence-corrected chi connectivity index (χ1v) is 11.6. The van der Waals surface area contributed by atoms with Gasteiger partial charge in [0.25, 0.3) is 0 Å². The average molecular weight is 454 g/mol. The molecule has 0 radical (unpaired) electrons. The zero-order valence-electron chi connectivity index (χ0n) is 17.6. The lowest BCUT2D eigenvalue weighted by molar-refractivity contribution is -0.116. The molecule has 2 N–H and O–H groups in total. The Balaban J connectivity index is 2.26. The van der Waals surface area contributed by atoms with E-state index >= 15 is 0 Å². The third-order valence-corrected chi connectivity index (χ3v) is 6.74. The highest BCUT2D eigenvalue weighted by Gasteiger charge is 2.26. The molecule has 0 bridgehead atoms. The number of amides is 1. The van der Waals surface area contributed by atoms with Crippen molar-refractivity contribution >= 4 is 38.9 Å². The van der Waals surface area contributed by atoms with Crippen molar-refractivity contribution in [2.24, 2.45) is 0 Å². The number of nitrogens with zero attached hydrogens (tertiary/aromatic N) is 1. The Labute approximate surface area is 183 Å². The number of carbonyl (C=O) groups excluding carboxylic acids is 1. The van der Waals surface area contributed by atoms with E-state index in [1.165, 1.54) is 10.4 Å². The first-order chi connectivity index (χ1) is 14.2. The molecule has 30 heavy (non-hydrogen) atoms. The fourth-order valence-electron chi connectivity index (χ4n) is 2.91. The number of ether oxygens (including phenoxy) is 1. The van der Waals surface area contributed by atoms with Crippen LogP contribution in [0.5, 0.6) is 5.75 Å².